The molecule has 29 heavy (non-hydrogen) atoms. The summed E-state index contributed by atoms with van der Waals surface area (Å²) in [4.78, 5) is 26.6. The average molecular weight is 398 g/mol. The van der Waals surface area contributed by atoms with E-state index in [1.165, 1.54) is 12.1 Å². The fourth-order valence-electron chi connectivity index (χ4n) is 3.55. The van der Waals surface area contributed by atoms with Crippen LogP contribution in [0.1, 0.15) is 24.0 Å². The van der Waals surface area contributed by atoms with Crippen LogP contribution in [0.3, 0.4) is 0 Å². The Morgan fingerprint density at radius 1 is 1.03 bits per heavy atom. The van der Waals surface area contributed by atoms with Crippen molar-refractivity contribution in [2.45, 2.75) is 25.7 Å². The zero-order valence-electron chi connectivity index (χ0n) is 16.7. The first-order valence-electron chi connectivity index (χ1n) is 9.98. The van der Waals surface area contributed by atoms with E-state index in [9.17, 15) is 14.0 Å². The molecule has 0 unspecified atom stereocenters. The number of ether oxygens (including phenoxy) is 1. The molecule has 2 amide bonds. The lowest BCUT2D eigenvalue weighted by molar-refractivity contribution is -0.135. The lowest BCUT2D eigenvalue weighted by atomic mass is 9.95. The molecule has 1 fully saturated rings. The second-order valence-electron chi connectivity index (χ2n) is 7.35. The third kappa shape index (κ3) is 6.04. The zero-order valence-corrected chi connectivity index (χ0v) is 16.7. The van der Waals surface area contributed by atoms with Crippen molar-refractivity contribution in [2.24, 2.45) is 5.92 Å². The van der Waals surface area contributed by atoms with Crippen molar-refractivity contribution in [2.75, 3.05) is 26.7 Å². The Kier molecular flexibility index (Phi) is 7.22. The summed E-state index contributed by atoms with van der Waals surface area (Å²) in [5, 5.41) is 3.01. The lowest BCUT2D eigenvalue weighted by Gasteiger charge is -2.31. The predicted octanol–water partition coefficient (Wildman–Crippen LogP) is 2.97. The number of amides is 2. The molecule has 0 spiro atoms. The van der Waals surface area contributed by atoms with E-state index >= 15 is 0 Å². The molecule has 1 aliphatic heterocycles. The Balaban J connectivity index is 1.38. The van der Waals surface area contributed by atoms with Gasteiger partial charge >= 0.3 is 0 Å². The normalized spacial score (nSPS) is 14.5. The molecule has 2 aromatic rings. The molecule has 3 rings (SSSR count). The largest absolute Gasteiger partial charge is 0.497 e. The summed E-state index contributed by atoms with van der Waals surface area (Å²) in [6.45, 7) is 1.75. The van der Waals surface area contributed by atoms with E-state index in [0.717, 1.165) is 23.3 Å². The maximum atomic E-state index is 13.0. The summed E-state index contributed by atoms with van der Waals surface area (Å²) in [6.07, 6.45) is 2.37. The fourth-order valence-corrected chi connectivity index (χ4v) is 3.55. The Morgan fingerprint density at radius 3 is 2.28 bits per heavy atom. The molecule has 1 aliphatic rings. The first-order valence-corrected chi connectivity index (χ1v) is 9.98. The number of carbonyl (C=O) groups excluding carboxylic acids is 2. The molecule has 154 valence electrons. The van der Waals surface area contributed by atoms with Crippen molar-refractivity contribution in [3.05, 3.63) is 65.5 Å². The van der Waals surface area contributed by atoms with Crippen LogP contribution < -0.4 is 10.1 Å². The minimum absolute atomic E-state index is 0.0231. The number of likely N-dealkylation sites (tertiary alicyclic amines) is 1. The molecular weight excluding hydrogens is 371 g/mol. The molecule has 5 nitrogen and oxygen atoms in total. The molecule has 1 N–H and O–H groups in total. The first-order chi connectivity index (χ1) is 14.0. The zero-order chi connectivity index (χ0) is 20.6. The highest BCUT2D eigenvalue weighted by atomic mass is 19.1. The van der Waals surface area contributed by atoms with Gasteiger partial charge in [-0.1, -0.05) is 24.3 Å². The summed E-state index contributed by atoms with van der Waals surface area (Å²) < 4.78 is 18.1. The highest BCUT2D eigenvalue weighted by Crippen LogP contribution is 2.19. The molecule has 6 heteroatoms. The van der Waals surface area contributed by atoms with Crippen molar-refractivity contribution >= 4 is 11.8 Å². The third-order valence-electron chi connectivity index (χ3n) is 5.36. The second kappa shape index (κ2) is 10.0. The summed E-state index contributed by atoms with van der Waals surface area (Å²) in [6, 6.07) is 13.8. The number of piperidine rings is 1. The smallest absolute Gasteiger partial charge is 0.226 e. The Morgan fingerprint density at radius 2 is 1.66 bits per heavy atom. The van der Waals surface area contributed by atoms with Gasteiger partial charge in [0.25, 0.3) is 0 Å². The lowest BCUT2D eigenvalue weighted by Crippen LogP contribution is -2.43. The molecular formula is C23H27FN2O3. The van der Waals surface area contributed by atoms with E-state index in [4.69, 9.17) is 4.74 Å². The quantitative estimate of drug-likeness (QED) is 0.780. The van der Waals surface area contributed by atoms with Gasteiger partial charge in [-0.15, -0.1) is 0 Å². The Hall–Kier alpha value is -2.89. The van der Waals surface area contributed by atoms with Crippen LogP contribution in [0.5, 0.6) is 5.75 Å². The van der Waals surface area contributed by atoms with Crippen LogP contribution in [0.4, 0.5) is 4.39 Å². The van der Waals surface area contributed by atoms with E-state index in [0.29, 0.717) is 32.5 Å². The number of halogens is 1. The van der Waals surface area contributed by atoms with Crippen molar-refractivity contribution in [3.8, 4) is 5.75 Å². The number of benzene rings is 2. The highest BCUT2D eigenvalue weighted by molar-refractivity contribution is 5.81. The van der Waals surface area contributed by atoms with Crippen LogP contribution in [0.25, 0.3) is 0 Å². The summed E-state index contributed by atoms with van der Waals surface area (Å²) >= 11 is 0. The molecule has 0 saturated carbocycles. The highest BCUT2D eigenvalue weighted by Gasteiger charge is 2.27. The van der Waals surface area contributed by atoms with Gasteiger partial charge in [0.15, 0.2) is 0 Å². The molecule has 0 radical (unpaired) electrons. The number of nitrogens with one attached hydrogen (secondary N) is 1. The molecule has 0 atom stereocenters. The standard InChI is InChI=1S/C23H27FN2O3/c1-29-21-8-4-17(5-9-21)10-13-25-23(28)19-11-14-26(15-12-19)22(27)16-18-2-6-20(24)7-3-18/h2-9,19H,10-16H2,1H3,(H,25,28). The van der Waals surface area contributed by atoms with Gasteiger partial charge in [0.1, 0.15) is 11.6 Å². The number of nitrogens with zero attached hydrogens (tertiary/aromatic N) is 1. The van der Waals surface area contributed by atoms with Gasteiger partial charge in [-0.05, 0) is 54.7 Å². The Labute approximate surface area is 170 Å². The van der Waals surface area contributed by atoms with Crippen LogP contribution in [0.15, 0.2) is 48.5 Å². The van der Waals surface area contributed by atoms with Crippen LogP contribution in [-0.4, -0.2) is 43.5 Å². The topological polar surface area (TPSA) is 58.6 Å². The average Bonchev–Trinajstić information content (AvgIpc) is 2.76. The van der Waals surface area contributed by atoms with Crippen LogP contribution >= 0.6 is 0 Å². The molecule has 0 aromatic heterocycles. The molecule has 1 saturated heterocycles. The van der Waals surface area contributed by atoms with Crippen molar-refractivity contribution in [1.82, 2.24) is 10.2 Å². The van der Waals surface area contributed by atoms with Gasteiger partial charge in [0, 0.05) is 25.6 Å². The Bertz CT molecular complexity index is 813. The maximum Gasteiger partial charge on any atom is 0.226 e. The van der Waals surface area contributed by atoms with Gasteiger partial charge in [-0.2, -0.15) is 0 Å². The van der Waals surface area contributed by atoms with Gasteiger partial charge in [-0.3, -0.25) is 9.59 Å². The van der Waals surface area contributed by atoms with Crippen molar-refractivity contribution in [1.29, 1.82) is 0 Å². The number of methoxy groups -OCH3 is 1. The number of carbonyl (C=O) groups is 2. The van der Waals surface area contributed by atoms with Gasteiger partial charge in [-0.25, -0.2) is 4.39 Å². The summed E-state index contributed by atoms with van der Waals surface area (Å²) in [5.41, 5.74) is 1.95. The number of rotatable bonds is 7. The van der Waals surface area contributed by atoms with E-state index in [2.05, 4.69) is 5.32 Å². The van der Waals surface area contributed by atoms with Gasteiger partial charge < -0.3 is 15.0 Å². The van der Waals surface area contributed by atoms with Crippen LogP contribution in [0, 0.1) is 11.7 Å². The predicted molar refractivity (Wildman–Crippen MR) is 109 cm³/mol. The maximum absolute atomic E-state index is 13.0. The first kappa shape index (κ1) is 20.8. The molecule has 0 aliphatic carbocycles. The minimum atomic E-state index is -0.306. The van der Waals surface area contributed by atoms with Crippen molar-refractivity contribution < 1.29 is 18.7 Å². The monoisotopic (exact) mass is 398 g/mol. The molecule has 1 heterocycles. The van der Waals surface area contributed by atoms with E-state index in [1.54, 1.807) is 24.1 Å². The van der Waals surface area contributed by atoms with Crippen LogP contribution in [-0.2, 0) is 22.4 Å². The van der Waals surface area contributed by atoms with Crippen molar-refractivity contribution in [3.63, 3.8) is 0 Å². The fraction of sp³-hybridized carbons (Fsp3) is 0.391. The summed E-state index contributed by atoms with van der Waals surface area (Å²) in [5.74, 6) is 0.540. The number of hydrogen-bond acceptors (Lipinski definition) is 3. The number of hydrogen-bond donors (Lipinski definition) is 1. The molecule has 0 bridgehead atoms. The van der Waals surface area contributed by atoms with E-state index < -0.39 is 0 Å². The molecule has 2 aromatic carbocycles. The van der Waals surface area contributed by atoms with Crippen LogP contribution in [0.2, 0.25) is 0 Å². The van der Waals surface area contributed by atoms with E-state index in [-0.39, 0.29) is 30.0 Å². The minimum Gasteiger partial charge on any atom is -0.497 e. The SMILES string of the molecule is COc1ccc(CCNC(=O)C2CCN(C(=O)Cc3ccc(F)cc3)CC2)cc1. The van der Waals surface area contributed by atoms with Gasteiger partial charge in [0.05, 0.1) is 13.5 Å². The third-order valence-corrected chi connectivity index (χ3v) is 5.36. The second-order valence-corrected chi connectivity index (χ2v) is 7.35. The van der Waals surface area contributed by atoms with E-state index in [1.807, 2.05) is 24.3 Å². The van der Waals surface area contributed by atoms with Gasteiger partial charge in [0.2, 0.25) is 11.8 Å². The summed E-state index contributed by atoms with van der Waals surface area (Å²) in [7, 11) is 1.64.